The van der Waals surface area contributed by atoms with Crippen LogP contribution in [-0.4, -0.2) is 33.9 Å². The van der Waals surface area contributed by atoms with E-state index < -0.39 is 0 Å². The Labute approximate surface area is 113 Å². The van der Waals surface area contributed by atoms with Gasteiger partial charge in [-0.2, -0.15) is 0 Å². The van der Waals surface area contributed by atoms with Gasteiger partial charge in [0.05, 0.1) is 6.10 Å². The van der Waals surface area contributed by atoms with Gasteiger partial charge in [0, 0.05) is 18.8 Å². The predicted molar refractivity (Wildman–Crippen MR) is 77.3 cm³/mol. The first kappa shape index (κ1) is 13.3. The van der Waals surface area contributed by atoms with E-state index in [4.69, 9.17) is 0 Å². The van der Waals surface area contributed by atoms with Gasteiger partial charge in [-0.3, -0.25) is 4.90 Å². The first-order chi connectivity index (χ1) is 8.25. The van der Waals surface area contributed by atoms with Gasteiger partial charge in [0.2, 0.25) is 0 Å². The summed E-state index contributed by atoms with van der Waals surface area (Å²) in [5.41, 5.74) is 1.34. The molecule has 1 fully saturated rings. The summed E-state index contributed by atoms with van der Waals surface area (Å²) < 4.78 is 0.239. The fourth-order valence-corrected chi connectivity index (χ4v) is 3.37. The average Bonchev–Trinajstić information content (AvgIpc) is 2.38. The first-order valence-corrected chi connectivity index (χ1v) is 7.58. The molecule has 1 aliphatic heterocycles. The molecule has 0 bridgehead atoms. The maximum atomic E-state index is 9.46. The molecule has 1 aliphatic rings. The van der Waals surface area contributed by atoms with Gasteiger partial charge in [-0.1, -0.05) is 30.3 Å². The highest BCUT2D eigenvalue weighted by Crippen LogP contribution is 2.26. The molecule has 2 rings (SSSR count). The summed E-state index contributed by atoms with van der Waals surface area (Å²) in [6.07, 6.45) is 1.65. The Morgan fingerprint density at radius 3 is 2.59 bits per heavy atom. The lowest BCUT2D eigenvalue weighted by molar-refractivity contribution is 0.0882. The smallest absolute Gasteiger partial charge is 0.100 e. The predicted octanol–water partition coefficient (Wildman–Crippen LogP) is 2.59. The Morgan fingerprint density at radius 1 is 1.29 bits per heavy atom. The zero-order valence-corrected chi connectivity index (χ0v) is 11.5. The molecule has 0 aromatic heterocycles. The first-order valence-electron chi connectivity index (χ1n) is 6.01. The average molecular weight is 269 g/mol. The number of aliphatic hydroxyl groups excluding tert-OH is 1. The number of nitrogens with zero attached hydrogens (tertiary/aromatic N) is 1. The normalized spacial score (nSPS) is 20.4. The number of hydrogen-bond acceptors (Lipinski definition) is 4. The van der Waals surface area contributed by atoms with Crippen LogP contribution in [0, 0.1) is 0 Å². The van der Waals surface area contributed by atoms with E-state index in [9.17, 15) is 5.11 Å². The largest absolute Gasteiger partial charge is 0.393 e. The van der Waals surface area contributed by atoms with Crippen molar-refractivity contribution in [2.45, 2.75) is 29.4 Å². The number of likely N-dealkylation sites (tertiary alicyclic amines) is 1. The Balaban J connectivity index is 1.75. The fourth-order valence-electron chi connectivity index (χ4n) is 1.96. The summed E-state index contributed by atoms with van der Waals surface area (Å²) in [5, 5.41) is 9.46. The fraction of sp³-hybridized carbons (Fsp3) is 0.538. The standard InChI is InChI=1S/C13H19NOS2/c15-12-6-8-14(9-7-12)13(16)17-10-11-4-2-1-3-5-11/h1-5,12-13,15-16H,6-10H2. The lowest BCUT2D eigenvalue weighted by Crippen LogP contribution is -2.39. The SMILES string of the molecule is OC1CCN(C(S)SCc2ccccc2)CC1. The van der Waals surface area contributed by atoms with E-state index in [1.807, 2.05) is 17.8 Å². The summed E-state index contributed by atoms with van der Waals surface area (Å²) in [6, 6.07) is 10.5. The second-order valence-electron chi connectivity index (χ2n) is 4.39. The van der Waals surface area contributed by atoms with Crippen LogP contribution in [0.25, 0.3) is 0 Å². The van der Waals surface area contributed by atoms with E-state index in [1.54, 1.807) is 0 Å². The molecule has 0 amide bonds. The van der Waals surface area contributed by atoms with Gasteiger partial charge >= 0.3 is 0 Å². The van der Waals surface area contributed by atoms with Gasteiger partial charge in [0.1, 0.15) is 4.71 Å². The van der Waals surface area contributed by atoms with Gasteiger partial charge in [-0.25, -0.2) is 0 Å². The zero-order valence-electron chi connectivity index (χ0n) is 9.83. The maximum Gasteiger partial charge on any atom is 0.100 e. The van der Waals surface area contributed by atoms with Crippen molar-refractivity contribution < 1.29 is 5.11 Å². The Hall–Kier alpha value is -0.160. The van der Waals surface area contributed by atoms with Crippen LogP contribution in [0.5, 0.6) is 0 Å². The van der Waals surface area contributed by atoms with Crippen LogP contribution >= 0.6 is 24.4 Å². The molecule has 94 valence electrons. The van der Waals surface area contributed by atoms with E-state index in [1.165, 1.54) is 5.56 Å². The molecular weight excluding hydrogens is 250 g/mol. The third-order valence-corrected chi connectivity index (χ3v) is 4.92. The Morgan fingerprint density at radius 2 is 1.94 bits per heavy atom. The molecule has 2 nitrogen and oxygen atoms in total. The van der Waals surface area contributed by atoms with Crippen LogP contribution in [0.1, 0.15) is 18.4 Å². The van der Waals surface area contributed by atoms with Crippen LogP contribution in [0.15, 0.2) is 30.3 Å². The minimum atomic E-state index is -0.106. The number of rotatable bonds is 4. The number of aliphatic hydroxyl groups is 1. The molecule has 17 heavy (non-hydrogen) atoms. The lowest BCUT2D eigenvalue weighted by Gasteiger charge is -2.33. The number of piperidine rings is 1. The molecule has 1 aromatic rings. The number of thioether (sulfide) groups is 1. The zero-order chi connectivity index (χ0) is 12.1. The van der Waals surface area contributed by atoms with E-state index in [2.05, 4.69) is 41.8 Å². The summed E-state index contributed by atoms with van der Waals surface area (Å²) in [7, 11) is 0. The van der Waals surface area contributed by atoms with Crippen molar-refractivity contribution in [3.05, 3.63) is 35.9 Å². The minimum absolute atomic E-state index is 0.106. The van der Waals surface area contributed by atoms with Crippen LogP contribution in [-0.2, 0) is 5.75 Å². The molecule has 1 unspecified atom stereocenters. The molecular formula is C13H19NOS2. The van der Waals surface area contributed by atoms with Gasteiger partial charge in [-0.05, 0) is 18.4 Å². The van der Waals surface area contributed by atoms with Crippen molar-refractivity contribution in [2.75, 3.05) is 13.1 Å². The summed E-state index contributed by atoms with van der Waals surface area (Å²) in [4.78, 5) is 2.34. The highest BCUT2D eigenvalue weighted by atomic mass is 32.2. The van der Waals surface area contributed by atoms with Crippen molar-refractivity contribution in [3.63, 3.8) is 0 Å². The van der Waals surface area contributed by atoms with Gasteiger partial charge in [0.25, 0.3) is 0 Å². The third kappa shape index (κ3) is 4.21. The molecule has 1 aromatic carbocycles. The van der Waals surface area contributed by atoms with Crippen molar-refractivity contribution in [3.8, 4) is 0 Å². The number of benzene rings is 1. The van der Waals surface area contributed by atoms with Gasteiger partial charge < -0.3 is 5.11 Å². The third-order valence-electron chi connectivity index (χ3n) is 3.05. The van der Waals surface area contributed by atoms with Crippen LogP contribution in [0.4, 0.5) is 0 Å². The molecule has 0 aliphatic carbocycles. The number of hydrogen-bond donors (Lipinski definition) is 2. The molecule has 0 spiro atoms. The summed E-state index contributed by atoms with van der Waals surface area (Å²) >= 11 is 6.49. The highest BCUT2D eigenvalue weighted by molar-refractivity contribution is 8.09. The van der Waals surface area contributed by atoms with Gasteiger partial charge in [0.15, 0.2) is 0 Å². The molecule has 1 heterocycles. The quantitative estimate of drug-likeness (QED) is 0.649. The van der Waals surface area contributed by atoms with Crippen molar-refractivity contribution in [2.24, 2.45) is 0 Å². The van der Waals surface area contributed by atoms with Crippen molar-refractivity contribution in [1.82, 2.24) is 4.90 Å². The molecule has 1 atom stereocenters. The van der Waals surface area contributed by atoms with Crippen LogP contribution < -0.4 is 0 Å². The highest BCUT2D eigenvalue weighted by Gasteiger charge is 2.21. The summed E-state index contributed by atoms with van der Waals surface area (Å²) in [5.74, 6) is 0.994. The molecule has 1 N–H and O–H groups in total. The maximum absolute atomic E-state index is 9.46. The van der Waals surface area contributed by atoms with Crippen LogP contribution in [0.3, 0.4) is 0 Å². The van der Waals surface area contributed by atoms with Crippen molar-refractivity contribution >= 4 is 24.4 Å². The van der Waals surface area contributed by atoms with Crippen LogP contribution in [0.2, 0.25) is 0 Å². The summed E-state index contributed by atoms with van der Waals surface area (Å²) in [6.45, 7) is 1.91. The lowest BCUT2D eigenvalue weighted by atomic mass is 10.1. The van der Waals surface area contributed by atoms with Gasteiger partial charge in [-0.15, -0.1) is 24.4 Å². The van der Waals surface area contributed by atoms with E-state index in [0.717, 1.165) is 31.7 Å². The molecule has 1 saturated heterocycles. The minimum Gasteiger partial charge on any atom is -0.393 e. The topological polar surface area (TPSA) is 23.5 Å². The second kappa shape index (κ2) is 6.69. The Bertz CT molecular complexity index is 325. The molecule has 4 heteroatoms. The Kier molecular flexibility index (Phi) is 5.22. The second-order valence-corrected chi connectivity index (χ2v) is 6.30. The van der Waals surface area contributed by atoms with Crippen molar-refractivity contribution in [1.29, 1.82) is 0 Å². The molecule has 0 radical (unpaired) electrons. The number of thiol groups is 1. The monoisotopic (exact) mass is 269 g/mol. The van der Waals surface area contributed by atoms with E-state index in [-0.39, 0.29) is 10.8 Å². The van der Waals surface area contributed by atoms with E-state index >= 15 is 0 Å². The van der Waals surface area contributed by atoms with E-state index in [0.29, 0.717) is 0 Å². The molecule has 0 saturated carbocycles.